The van der Waals surface area contributed by atoms with Crippen LogP contribution in [0.25, 0.3) is 0 Å². The second-order valence-corrected chi connectivity index (χ2v) is 15.7. The lowest BCUT2D eigenvalue weighted by Gasteiger charge is -2.60. The first kappa shape index (κ1) is 34.3. The number of hydrogen-bond acceptors (Lipinski definition) is 11. The summed E-state index contributed by atoms with van der Waals surface area (Å²) < 4.78 is 12.0. The number of carbonyl (C=O) groups excluding carboxylic acids is 1. The second kappa shape index (κ2) is 11.9. The molecule has 4 fully saturated rings. The number of rotatable bonds is 8. The Labute approximate surface area is 259 Å². The predicted molar refractivity (Wildman–Crippen MR) is 158 cm³/mol. The van der Waals surface area contributed by atoms with Crippen molar-refractivity contribution in [3.63, 3.8) is 0 Å². The van der Waals surface area contributed by atoms with Crippen LogP contribution in [0.1, 0.15) is 86.0 Å². The van der Waals surface area contributed by atoms with Crippen molar-refractivity contribution in [2.45, 2.75) is 146 Å². The van der Waals surface area contributed by atoms with Crippen LogP contribution in [-0.2, 0) is 14.3 Å². The zero-order chi connectivity index (χ0) is 32.6. The molecule has 11 heteroatoms. The van der Waals surface area contributed by atoms with Gasteiger partial charge in [0, 0.05) is 11.3 Å². The zero-order valence-electron chi connectivity index (χ0n) is 26.7. The van der Waals surface area contributed by atoms with Crippen LogP contribution in [0.15, 0.2) is 11.6 Å². The van der Waals surface area contributed by atoms with Crippen molar-refractivity contribution in [1.82, 2.24) is 0 Å². The third-order valence-electron chi connectivity index (χ3n) is 12.6. The molecule has 252 valence electrons. The maximum absolute atomic E-state index is 13.5. The summed E-state index contributed by atoms with van der Waals surface area (Å²) in [6.45, 7) is 8.92. The van der Waals surface area contributed by atoms with E-state index in [0.29, 0.717) is 38.5 Å². The summed E-state index contributed by atoms with van der Waals surface area (Å²) in [4.78, 5) is 13.5. The van der Waals surface area contributed by atoms with E-state index >= 15 is 0 Å². The minimum Gasteiger partial charge on any atom is -0.394 e. The molecule has 5 rings (SSSR count). The first-order valence-corrected chi connectivity index (χ1v) is 16.4. The number of fused-ring (bicyclic) bond motifs is 5. The number of hydrogen-bond donors (Lipinski definition) is 8. The summed E-state index contributed by atoms with van der Waals surface area (Å²) in [5.41, 5.74) is -2.73. The van der Waals surface area contributed by atoms with Gasteiger partial charge in [-0.1, -0.05) is 20.8 Å². The minimum atomic E-state index is -1.58. The standard InChI is InChI=1S/C33H54O11/c1-16(24(8-9-30(2,3)41)43-29-28(40)27(39)26(38)25(15-34)44-29)17-7-11-33(42)19-12-21(35)20-13-22(36)23(37)14-31(20,4)18(19)6-10-32(17,33)5/h12,16-18,20,22-29,34,36-42H,6-11,13-15H2,1-5H3/t16-,17+,18?,20?,22+,23-,24+,25+,26+,27-,28+,29?,31+,32+,33+/m0/s1. The van der Waals surface area contributed by atoms with E-state index in [-0.39, 0.29) is 30.0 Å². The van der Waals surface area contributed by atoms with E-state index in [2.05, 4.69) is 6.92 Å². The molecule has 0 bridgehead atoms. The van der Waals surface area contributed by atoms with Crippen molar-refractivity contribution in [2.75, 3.05) is 6.61 Å². The Bertz CT molecular complexity index is 1100. The highest BCUT2D eigenvalue weighted by Crippen LogP contribution is 2.68. The Morgan fingerprint density at radius 3 is 2.34 bits per heavy atom. The molecule has 1 aliphatic heterocycles. The molecule has 15 atom stereocenters. The van der Waals surface area contributed by atoms with E-state index in [0.717, 1.165) is 12.0 Å². The van der Waals surface area contributed by atoms with Crippen LogP contribution in [0, 0.1) is 34.5 Å². The molecule has 8 N–H and O–H groups in total. The molecule has 0 aromatic heterocycles. The maximum atomic E-state index is 13.5. The van der Waals surface area contributed by atoms with Crippen LogP contribution in [0.3, 0.4) is 0 Å². The normalized spacial score (nSPS) is 49.0. The number of carbonyl (C=O) groups is 1. The van der Waals surface area contributed by atoms with Crippen LogP contribution >= 0.6 is 0 Å². The molecule has 1 saturated heterocycles. The monoisotopic (exact) mass is 626 g/mol. The van der Waals surface area contributed by atoms with Gasteiger partial charge < -0.3 is 50.3 Å². The van der Waals surface area contributed by atoms with E-state index < -0.39 is 83.6 Å². The number of allylic oxidation sites excluding steroid dienone is 1. The fourth-order valence-electron chi connectivity index (χ4n) is 9.82. The molecule has 5 aliphatic rings. The zero-order valence-corrected chi connectivity index (χ0v) is 26.7. The molecule has 0 amide bonds. The maximum Gasteiger partial charge on any atom is 0.186 e. The lowest BCUT2D eigenvalue weighted by molar-refractivity contribution is -0.317. The van der Waals surface area contributed by atoms with Gasteiger partial charge in [0.1, 0.15) is 24.4 Å². The molecule has 44 heavy (non-hydrogen) atoms. The number of ketones is 1. The van der Waals surface area contributed by atoms with Gasteiger partial charge in [-0.15, -0.1) is 0 Å². The molecular weight excluding hydrogens is 572 g/mol. The van der Waals surface area contributed by atoms with Gasteiger partial charge in [-0.05, 0) is 100 Å². The molecule has 0 radical (unpaired) electrons. The van der Waals surface area contributed by atoms with E-state index in [9.17, 15) is 45.6 Å². The summed E-state index contributed by atoms with van der Waals surface area (Å²) in [5.74, 6) is -0.902. The van der Waals surface area contributed by atoms with Crippen LogP contribution in [-0.4, -0.2) is 113 Å². The molecule has 1 heterocycles. The summed E-state index contributed by atoms with van der Waals surface area (Å²) in [7, 11) is 0. The molecule has 0 spiro atoms. The third kappa shape index (κ3) is 5.52. The first-order valence-electron chi connectivity index (χ1n) is 16.4. The summed E-state index contributed by atoms with van der Waals surface area (Å²) >= 11 is 0. The quantitative estimate of drug-likeness (QED) is 0.187. The summed E-state index contributed by atoms with van der Waals surface area (Å²) in [6, 6.07) is 0. The summed E-state index contributed by atoms with van der Waals surface area (Å²) in [6.07, 6.45) is -4.17. The van der Waals surface area contributed by atoms with Crippen LogP contribution < -0.4 is 0 Å². The Morgan fingerprint density at radius 1 is 1.02 bits per heavy atom. The van der Waals surface area contributed by atoms with Gasteiger partial charge in [0.2, 0.25) is 0 Å². The van der Waals surface area contributed by atoms with Gasteiger partial charge in [0.25, 0.3) is 0 Å². The smallest absolute Gasteiger partial charge is 0.186 e. The number of ether oxygens (including phenoxy) is 2. The Balaban J connectivity index is 1.43. The molecule has 11 nitrogen and oxygen atoms in total. The molecular formula is C33H54O11. The average molecular weight is 627 g/mol. The van der Waals surface area contributed by atoms with Crippen LogP contribution in [0.2, 0.25) is 0 Å². The molecule has 4 aliphatic carbocycles. The predicted octanol–water partition coefficient (Wildman–Crippen LogP) is 0.563. The van der Waals surface area contributed by atoms with Gasteiger partial charge in [-0.2, -0.15) is 0 Å². The molecule has 0 aromatic carbocycles. The van der Waals surface area contributed by atoms with Crippen molar-refractivity contribution in [3.8, 4) is 0 Å². The van der Waals surface area contributed by atoms with E-state index in [4.69, 9.17) is 9.47 Å². The minimum absolute atomic E-state index is 0.0783. The Kier molecular flexibility index (Phi) is 9.30. The van der Waals surface area contributed by atoms with Crippen molar-refractivity contribution in [2.24, 2.45) is 34.5 Å². The molecule has 3 saturated carbocycles. The second-order valence-electron chi connectivity index (χ2n) is 15.7. The van der Waals surface area contributed by atoms with Gasteiger partial charge in [0.15, 0.2) is 12.1 Å². The van der Waals surface area contributed by atoms with Gasteiger partial charge >= 0.3 is 0 Å². The highest BCUT2D eigenvalue weighted by Gasteiger charge is 2.67. The fraction of sp³-hybridized carbons (Fsp3) is 0.909. The van der Waals surface area contributed by atoms with Gasteiger partial charge in [0.05, 0.1) is 36.1 Å². The van der Waals surface area contributed by atoms with Gasteiger partial charge in [-0.3, -0.25) is 4.79 Å². The lowest BCUT2D eigenvalue weighted by Crippen LogP contribution is -2.61. The van der Waals surface area contributed by atoms with Crippen molar-refractivity contribution >= 4 is 5.78 Å². The van der Waals surface area contributed by atoms with Crippen molar-refractivity contribution in [1.29, 1.82) is 0 Å². The Morgan fingerprint density at radius 2 is 1.70 bits per heavy atom. The SMILES string of the molecule is C[C@@H]([C@H]1CC[C@@]2(O)C3=CC(=O)C4C[C@@H](O)[C@@H](O)C[C@]4(C)C3CC[C@]12C)[C@@H](CCC(C)(C)O)OC1O[C@H](CO)[C@@H](O)[C@H](O)[C@H]1O. The van der Waals surface area contributed by atoms with Crippen LogP contribution in [0.5, 0.6) is 0 Å². The van der Waals surface area contributed by atoms with E-state index in [1.54, 1.807) is 19.9 Å². The van der Waals surface area contributed by atoms with Crippen molar-refractivity contribution < 1.29 is 55.1 Å². The van der Waals surface area contributed by atoms with E-state index in [1.165, 1.54) is 0 Å². The van der Waals surface area contributed by atoms with E-state index in [1.807, 2.05) is 13.8 Å². The largest absolute Gasteiger partial charge is 0.394 e. The number of aliphatic hydroxyl groups excluding tert-OH is 6. The molecule has 3 unspecified atom stereocenters. The van der Waals surface area contributed by atoms with Crippen LogP contribution in [0.4, 0.5) is 0 Å². The molecule has 0 aromatic rings. The van der Waals surface area contributed by atoms with Gasteiger partial charge in [-0.25, -0.2) is 0 Å². The topological polar surface area (TPSA) is 197 Å². The average Bonchev–Trinajstić information content (AvgIpc) is 3.23. The van der Waals surface area contributed by atoms with Crippen molar-refractivity contribution in [3.05, 3.63) is 11.6 Å². The lowest BCUT2D eigenvalue weighted by atomic mass is 9.46. The highest BCUT2D eigenvalue weighted by molar-refractivity contribution is 5.95. The highest BCUT2D eigenvalue weighted by atomic mass is 16.7. The first-order chi connectivity index (χ1) is 20.4. The summed E-state index contributed by atoms with van der Waals surface area (Å²) in [5, 5.41) is 85.2. The fourth-order valence-corrected chi connectivity index (χ4v) is 9.82. The Hall–Kier alpha value is -0.990. The third-order valence-corrected chi connectivity index (χ3v) is 12.6. The number of aliphatic hydroxyl groups is 8.